The van der Waals surface area contributed by atoms with E-state index in [4.69, 9.17) is 4.98 Å². The molecule has 0 atom stereocenters. The lowest BCUT2D eigenvalue weighted by Gasteiger charge is -2.18. The summed E-state index contributed by atoms with van der Waals surface area (Å²) in [5.74, 6) is 0.937. The Labute approximate surface area is 341 Å². The summed E-state index contributed by atoms with van der Waals surface area (Å²) in [6.07, 6.45) is 0. The molecule has 0 aliphatic heterocycles. The Balaban J connectivity index is 1.09. The number of benzene rings is 11. The third kappa shape index (κ3) is 5.38. The van der Waals surface area contributed by atoms with E-state index >= 15 is 0 Å². The molecular weight excluding hydrogens is 713 g/mol. The third-order valence-electron chi connectivity index (χ3n) is 12.2. The quantitative estimate of drug-likeness (QED) is 0.160. The van der Waals surface area contributed by atoms with Gasteiger partial charge in [-0.05, 0) is 130 Å². The molecule has 1 aromatic heterocycles. The first-order chi connectivity index (χ1) is 29.3. The molecule has 0 spiro atoms. The fourth-order valence-corrected chi connectivity index (χ4v) is 9.42. The van der Waals surface area contributed by atoms with Crippen molar-refractivity contribution in [2.75, 3.05) is 0 Å². The Kier molecular flexibility index (Phi) is 7.57. The molecule has 274 valence electrons. The molecule has 0 amide bonds. The summed E-state index contributed by atoms with van der Waals surface area (Å²) in [7, 11) is 0. The molecule has 0 saturated heterocycles. The first-order valence-corrected chi connectivity index (χ1v) is 20.3. The van der Waals surface area contributed by atoms with Crippen LogP contribution in [0, 0.1) is 0 Å². The van der Waals surface area contributed by atoms with Crippen LogP contribution in [0.25, 0.3) is 115 Å². The van der Waals surface area contributed by atoms with Crippen LogP contribution in [0.1, 0.15) is 0 Å². The monoisotopic (exact) mass is 748 g/mol. The zero-order chi connectivity index (χ0) is 38.9. The van der Waals surface area contributed by atoms with E-state index in [0.29, 0.717) is 0 Å². The van der Waals surface area contributed by atoms with E-state index in [1.165, 1.54) is 87.2 Å². The topological polar surface area (TPSA) is 17.8 Å². The Hall–Kier alpha value is -7.81. The zero-order valence-electron chi connectivity index (χ0n) is 32.2. The molecule has 1 heterocycles. The molecule has 0 unspecified atom stereocenters. The van der Waals surface area contributed by atoms with E-state index in [1.807, 2.05) is 0 Å². The number of para-hydroxylation sites is 2. The summed E-state index contributed by atoms with van der Waals surface area (Å²) in [5.41, 5.74) is 11.6. The van der Waals surface area contributed by atoms with Gasteiger partial charge in [-0.25, -0.2) is 4.98 Å². The molecule has 0 fully saturated rings. The molecule has 2 nitrogen and oxygen atoms in total. The second-order valence-electron chi connectivity index (χ2n) is 15.5. The van der Waals surface area contributed by atoms with Gasteiger partial charge in [0.1, 0.15) is 5.82 Å². The Bertz CT molecular complexity index is 3590. The number of rotatable bonds is 5. The maximum atomic E-state index is 5.08. The minimum atomic E-state index is 0.937. The van der Waals surface area contributed by atoms with Crippen molar-refractivity contribution in [2.24, 2.45) is 0 Å². The maximum Gasteiger partial charge on any atom is 0.145 e. The summed E-state index contributed by atoms with van der Waals surface area (Å²) in [4.78, 5) is 5.08. The minimum Gasteiger partial charge on any atom is -0.292 e. The third-order valence-corrected chi connectivity index (χ3v) is 12.2. The highest BCUT2D eigenvalue weighted by Crippen LogP contribution is 2.45. The molecule has 0 bridgehead atoms. The van der Waals surface area contributed by atoms with Crippen LogP contribution in [0.5, 0.6) is 0 Å². The first-order valence-electron chi connectivity index (χ1n) is 20.3. The summed E-state index contributed by atoms with van der Waals surface area (Å²) in [6.45, 7) is 0. The van der Waals surface area contributed by atoms with Crippen molar-refractivity contribution in [3.8, 4) is 50.5 Å². The number of hydrogen-bond donors (Lipinski definition) is 0. The van der Waals surface area contributed by atoms with Gasteiger partial charge in [0.15, 0.2) is 0 Å². The van der Waals surface area contributed by atoms with Gasteiger partial charge in [-0.3, -0.25) is 4.57 Å². The molecule has 0 radical (unpaired) electrons. The molecule has 12 rings (SSSR count). The van der Waals surface area contributed by atoms with E-state index < -0.39 is 0 Å². The van der Waals surface area contributed by atoms with Gasteiger partial charge in [-0.1, -0.05) is 176 Å². The number of imidazole rings is 1. The SMILES string of the molecule is c1ccc(-c2nc3ccccc3n2-c2ccc(-c3ccc4c(c3)c(-c3cccc5ccccc35)cc3c5ccccc5c(-c5cccc6ccccc56)cc43)cc2)cc1. The Morgan fingerprint density at radius 1 is 0.288 bits per heavy atom. The summed E-state index contributed by atoms with van der Waals surface area (Å²) in [5, 5.41) is 12.5. The smallest absolute Gasteiger partial charge is 0.145 e. The van der Waals surface area contributed by atoms with E-state index in [9.17, 15) is 0 Å². The van der Waals surface area contributed by atoms with Gasteiger partial charge < -0.3 is 0 Å². The summed E-state index contributed by atoms with van der Waals surface area (Å²) in [6, 6.07) is 79.6. The largest absolute Gasteiger partial charge is 0.292 e. The second kappa shape index (κ2) is 13.4. The van der Waals surface area contributed by atoms with Crippen molar-refractivity contribution in [3.63, 3.8) is 0 Å². The summed E-state index contributed by atoms with van der Waals surface area (Å²) < 4.78 is 2.28. The molecule has 0 aliphatic carbocycles. The minimum absolute atomic E-state index is 0.937. The van der Waals surface area contributed by atoms with Crippen molar-refractivity contribution in [1.82, 2.24) is 9.55 Å². The van der Waals surface area contributed by atoms with Crippen LogP contribution in [0.3, 0.4) is 0 Å². The standard InChI is InChI=1S/C57H36N2/c1-2-16-40(17-3-1)57-58-55-26-10-11-27-56(55)59(57)42-31-28-37(29-32-42)41-30-33-49-50(34-41)52(46-25-13-19-39-15-5-7-21-44(39)46)36-53-48-23-9-8-22-47(48)51(35-54(49)53)45-24-12-18-38-14-4-6-20-43(38)45/h1-36H. The second-order valence-corrected chi connectivity index (χ2v) is 15.5. The van der Waals surface area contributed by atoms with E-state index in [-0.39, 0.29) is 0 Å². The number of hydrogen-bond acceptors (Lipinski definition) is 1. The van der Waals surface area contributed by atoms with Crippen LogP contribution in [0.15, 0.2) is 218 Å². The van der Waals surface area contributed by atoms with Crippen LogP contribution in [0.4, 0.5) is 0 Å². The molecule has 0 aliphatic rings. The average molecular weight is 749 g/mol. The molecule has 11 aromatic carbocycles. The predicted octanol–water partition coefficient (Wildman–Crippen LogP) is 15.5. The fourth-order valence-electron chi connectivity index (χ4n) is 9.42. The van der Waals surface area contributed by atoms with Crippen LogP contribution in [-0.2, 0) is 0 Å². The Morgan fingerprint density at radius 2 is 0.814 bits per heavy atom. The normalized spacial score (nSPS) is 11.7. The van der Waals surface area contributed by atoms with Gasteiger partial charge >= 0.3 is 0 Å². The van der Waals surface area contributed by atoms with Gasteiger partial charge in [0.2, 0.25) is 0 Å². The lowest BCUT2D eigenvalue weighted by Crippen LogP contribution is -1.97. The van der Waals surface area contributed by atoms with Gasteiger partial charge in [-0.15, -0.1) is 0 Å². The van der Waals surface area contributed by atoms with E-state index in [2.05, 4.69) is 223 Å². The van der Waals surface area contributed by atoms with Gasteiger partial charge in [0.25, 0.3) is 0 Å². The van der Waals surface area contributed by atoms with E-state index in [0.717, 1.165) is 28.1 Å². The van der Waals surface area contributed by atoms with Crippen molar-refractivity contribution < 1.29 is 0 Å². The summed E-state index contributed by atoms with van der Waals surface area (Å²) >= 11 is 0. The molecule has 12 aromatic rings. The maximum absolute atomic E-state index is 5.08. The Morgan fingerprint density at radius 3 is 1.51 bits per heavy atom. The van der Waals surface area contributed by atoms with Crippen molar-refractivity contribution in [2.45, 2.75) is 0 Å². The van der Waals surface area contributed by atoms with E-state index in [1.54, 1.807) is 0 Å². The van der Waals surface area contributed by atoms with Crippen molar-refractivity contribution in [3.05, 3.63) is 218 Å². The zero-order valence-corrected chi connectivity index (χ0v) is 32.2. The van der Waals surface area contributed by atoms with Crippen molar-refractivity contribution in [1.29, 1.82) is 0 Å². The molecule has 0 N–H and O–H groups in total. The highest BCUT2D eigenvalue weighted by Gasteiger charge is 2.18. The van der Waals surface area contributed by atoms with Crippen LogP contribution < -0.4 is 0 Å². The van der Waals surface area contributed by atoms with Crippen LogP contribution >= 0.6 is 0 Å². The number of aromatic nitrogens is 2. The molecule has 59 heavy (non-hydrogen) atoms. The van der Waals surface area contributed by atoms with Crippen LogP contribution in [0.2, 0.25) is 0 Å². The molecule has 2 heteroatoms. The predicted molar refractivity (Wildman–Crippen MR) is 250 cm³/mol. The number of fused-ring (bicyclic) bond motifs is 8. The first kappa shape index (κ1) is 33.3. The van der Waals surface area contributed by atoms with Crippen LogP contribution in [-0.4, -0.2) is 9.55 Å². The van der Waals surface area contributed by atoms with Gasteiger partial charge in [0.05, 0.1) is 11.0 Å². The lowest BCUT2D eigenvalue weighted by molar-refractivity contribution is 1.10. The van der Waals surface area contributed by atoms with Crippen molar-refractivity contribution >= 4 is 64.9 Å². The number of nitrogens with zero attached hydrogens (tertiary/aromatic N) is 2. The van der Waals surface area contributed by atoms with Gasteiger partial charge in [-0.2, -0.15) is 0 Å². The fraction of sp³-hybridized carbons (Fsp3) is 0. The molecule has 0 saturated carbocycles. The average Bonchev–Trinajstić information content (AvgIpc) is 3.71. The lowest BCUT2D eigenvalue weighted by atomic mass is 9.85. The highest BCUT2D eigenvalue weighted by molar-refractivity contribution is 6.26. The van der Waals surface area contributed by atoms with Gasteiger partial charge in [0, 0.05) is 11.3 Å². The highest BCUT2D eigenvalue weighted by atomic mass is 15.1. The molecular formula is C57H36N2.